The van der Waals surface area contributed by atoms with E-state index in [9.17, 15) is 9.59 Å². The first kappa shape index (κ1) is 15.6. The molecule has 0 unspecified atom stereocenters. The molecule has 0 heterocycles. The predicted octanol–water partition coefficient (Wildman–Crippen LogP) is 1.94. The monoisotopic (exact) mass is 304 g/mol. The van der Waals surface area contributed by atoms with Crippen LogP contribution in [0.2, 0.25) is 0 Å². The molecule has 2 rings (SSSR count). The summed E-state index contributed by atoms with van der Waals surface area (Å²) < 4.78 is 20.0. The zero-order chi connectivity index (χ0) is 15.9. The molecule has 6 nitrogen and oxygen atoms in total. The average molecular weight is 304 g/mol. The van der Waals surface area contributed by atoms with Gasteiger partial charge in [0.2, 0.25) is 0 Å². The molecule has 0 amide bonds. The Hall–Kier alpha value is -2.76. The SMILES string of the molecule is COC(=O)COc1ccc(OCC(=O)OC)c2ccccc12. The van der Waals surface area contributed by atoms with Crippen LogP contribution >= 0.6 is 0 Å². The third-order valence-corrected chi connectivity index (χ3v) is 2.99. The van der Waals surface area contributed by atoms with E-state index in [0.29, 0.717) is 11.5 Å². The zero-order valence-electron chi connectivity index (χ0n) is 12.3. The van der Waals surface area contributed by atoms with Gasteiger partial charge in [-0.15, -0.1) is 0 Å². The Morgan fingerprint density at radius 1 is 0.773 bits per heavy atom. The predicted molar refractivity (Wildman–Crippen MR) is 79.0 cm³/mol. The average Bonchev–Trinajstić information content (AvgIpc) is 2.57. The molecular weight excluding hydrogens is 288 g/mol. The van der Waals surface area contributed by atoms with Crippen molar-refractivity contribution in [3.05, 3.63) is 36.4 Å². The van der Waals surface area contributed by atoms with Gasteiger partial charge < -0.3 is 18.9 Å². The number of hydrogen-bond donors (Lipinski definition) is 0. The van der Waals surface area contributed by atoms with Gasteiger partial charge in [-0.05, 0) is 12.1 Å². The van der Waals surface area contributed by atoms with Crippen molar-refractivity contribution in [2.75, 3.05) is 27.4 Å². The summed E-state index contributed by atoms with van der Waals surface area (Å²) in [5.41, 5.74) is 0. The van der Waals surface area contributed by atoms with Crippen molar-refractivity contribution in [2.45, 2.75) is 0 Å². The number of methoxy groups -OCH3 is 2. The highest BCUT2D eigenvalue weighted by Gasteiger charge is 2.11. The second-order valence-electron chi connectivity index (χ2n) is 4.34. The number of carbonyl (C=O) groups excluding carboxylic acids is 2. The van der Waals surface area contributed by atoms with Crippen LogP contribution in [0.3, 0.4) is 0 Å². The Labute approximate surface area is 127 Å². The molecular formula is C16H16O6. The summed E-state index contributed by atoms with van der Waals surface area (Å²) in [7, 11) is 2.60. The van der Waals surface area contributed by atoms with Gasteiger partial charge in [-0.2, -0.15) is 0 Å². The van der Waals surface area contributed by atoms with E-state index in [1.165, 1.54) is 14.2 Å². The van der Waals surface area contributed by atoms with E-state index in [4.69, 9.17) is 9.47 Å². The van der Waals surface area contributed by atoms with Crippen LogP contribution in [0.25, 0.3) is 10.8 Å². The molecule has 0 spiro atoms. The summed E-state index contributed by atoms with van der Waals surface area (Å²) in [6, 6.07) is 10.7. The van der Waals surface area contributed by atoms with Gasteiger partial charge in [0.05, 0.1) is 14.2 Å². The fourth-order valence-electron chi connectivity index (χ4n) is 1.89. The Bertz CT molecular complexity index is 621. The maximum Gasteiger partial charge on any atom is 0.343 e. The normalized spacial score (nSPS) is 10.1. The Morgan fingerprint density at radius 3 is 1.55 bits per heavy atom. The third-order valence-electron chi connectivity index (χ3n) is 2.99. The van der Waals surface area contributed by atoms with Gasteiger partial charge in [-0.3, -0.25) is 0 Å². The van der Waals surface area contributed by atoms with E-state index in [0.717, 1.165) is 10.8 Å². The fourth-order valence-corrected chi connectivity index (χ4v) is 1.89. The molecule has 0 aliphatic heterocycles. The molecule has 0 bridgehead atoms. The molecule has 22 heavy (non-hydrogen) atoms. The van der Waals surface area contributed by atoms with Crippen molar-refractivity contribution >= 4 is 22.7 Å². The van der Waals surface area contributed by atoms with Crippen LogP contribution in [0.4, 0.5) is 0 Å². The number of ether oxygens (including phenoxy) is 4. The summed E-state index contributed by atoms with van der Waals surface area (Å²) in [5.74, 6) is 0.142. The van der Waals surface area contributed by atoms with Crippen molar-refractivity contribution in [2.24, 2.45) is 0 Å². The quantitative estimate of drug-likeness (QED) is 0.760. The van der Waals surface area contributed by atoms with Gasteiger partial charge in [0.25, 0.3) is 0 Å². The first-order chi connectivity index (χ1) is 10.7. The highest BCUT2D eigenvalue weighted by Crippen LogP contribution is 2.33. The van der Waals surface area contributed by atoms with Gasteiger partial charge >= 0.3 is 11.9 Å². The van der Waals surface area contributed by atoms with Crippen LogP contribution in [0.15, 0.2) is 36.4 Å². The zero-order valence-corrected chi connectivity index (χ0v) is 12.3. The molecule has 0 radical (unpaired) electrons. The Kier molecular flexibility index (Phi) is 5.19. The molecule has 0 saturated heterocycles. The lowest BCUT2D eigenvalue weighted by Crippen LogP contribution is -2.13. The Morgan fingerprint density at radius 2 is 1.18 bits per heavy atom. The van der Waals surface area contributed by atoms with Crippen LogP contribution in [0, 0.1) is 0 Å². The molecule has 0 aliphatic rings. The summed E-state index contributed by atoms with van der Waals surface area (Å²) >= 11 is 0. The van der Waals surface area contributed by atoms with Crippen molar-refractivity contribution < 1.29 is 28.5 Å². The van der Waals surface area contributed by atoms with Crippen LogP contribution in [0.5, 0.6) is 11.5 Å². The fraction of sp³-hybridized carbons (Fsp3) is 0.250. The van der Waals surface area contributed by atoms with Crippen molar-refractivity contribution in [1.29, 1.82) is 0 Å². The molecule has 0 aliphatic carbocycles. The minimum absolute atomic E-state index is 0.178. The van der Waals surface area contributed by atoms with E-state index in [1.54, 1.807) is 12.1 Å². The van der Waals surface area contributed by atoms with Crippen molar-refractivity contribution in [3.63, 3.8) is 0 Å². The van der Waals surface area contributed by atoms with Gasteiger partial charge in [-0.25, -0.2) is 9.59 Å². The van der Waals surface area contributed by atoms with E-state index >= 15 is 0 Å². The van der Waals surface area contributed by atoms with Crippen molar-refractivity contribution in [3.8, 4) is 11.5 Å². The van der Waals surface area contributed by atoms with Crippen molar-refractivity contribution in [1.82, 2.24) is 0 Å². The maximum absolute atomic E-state index is 11.2. The molecule has 0 saturated carbocycles. The van der Waals surface area contributed by atoms with E-state index < -0.39 is 11.9 Å². The van der Waals surface area contributed by atoms with Crippen LogP contribution in [-0.2, 0) is 19.1 Å². The summed E-state index contributed by atoms with van der Waals surface area (Å²) in [6.45, 7) is -0.355. The van der Waals surface area contributed by atoms with E-state index in [-0.39, 0.29) is 13.2 Å². The lowest BCUT2D eigenvalue weighted by molar-refractivity contribution is -0.143. The van der Waals surface area contributed by atoms with Gasteiger partial charge in [0.15, 0.2) is 13.2 Å². The standard InChI is InChI=1S/C16H16O6/c1-19-15(17)9-21-13-7-8-14(22-10-16(18)20-2)12-6-4-3-5-11(12)13/h3-8H,9-10H2,1-2H3. The molecule has 116 valence electrons. The number of esters is 2. The molecule has 2 aromatic rings. The van der Waals surface area contributed by atoms with Crippen LogP contribution in [0.1, 0.15) is 0 Å². The van der Waals surface area contributed by atoms with Gasteiger partial charge in [0, 0.05) is 10.8 Å². The van der Waals surface area contributed by atoms with Gasteiger partial charge in [0.1, 0.15) is 11.5 Å². The number of carbonyl (C=O) groups is 2. The first-order valence-electron chi connectivity index (χ1n) is 6.56. The highest BCUT2D eigenvalue weighted by molar-refractivity contribution is 5.93. The largest absolute Gasteiger partial charge is 0.481 e. The maximum atomic E-state index is 11.2. The minimum Gasteiger partial charge on any atom is -0.481 e. The summed E-state index contributed by atoms with van der Waals surface area (Å²) in [5, 5.41) is 1.54. The molecule has 0 fully saturated rings. The second-order valence-corrected chi connectivity index (χ2v) is 4.34. The molecule has 2 aromatic carbocycles. The van der Waals surface area contributed by atoms with E-state index in [1.807, 2.05) is 24.3 Å². The molecule has 0 aromatic heterocycles. The number of benzene rings is 2. The highest BCUT2D eigenvalue weighted by atomic mass is 16.6. The summed E-state index contributed by atoms with van der Waals surface area (Å²) in [4.78, 5) is 22.4. The third kappa shape index (κ3) is 3.66. The van der Waals surface area contributed by atoms with Crippen LogP contribution < -0.4 is 9.47 Å². The van der Waals surface area contributed by atoms with E-state index in [2.05, 4.69) is 9.47 Å². The first-order valence-corrected chi connectivity index (χ1v) is 6.56. The topological polar surface area (TPSA) is 71.1 Å². The minimum atomic E-state index is -0.463. The Balaban J connectivity index is 2.26. The lowest BCUT2D eigenvalue weighted by Gasteiger charge is -2.12. The number of rotatable bonds is 6. The smallest absolute Gasteiger partial charge is 0.343 e. The molecule has 6 heteroatoms. The second kappa shape index (κ2) is 7.31. The molecule has 0 atom stereocenters. The summed E-state index contributed by atoms with van der Waals surface area (Å²) in [6.07, 6.45) is 0. The molecule has 0 N–H and O–H groups in total. The lowest BCUT2D eigenvalue weighted by atomic mass is 10.1. The van der Waals surface area contributed by atoms with Gasteiger partial charge in [-0.1, -0.05) is 24.3 Å². The number of hydrogen-bond acceptors (Lipinski definition) is 6. The number of fused-ring (bicyclic) bond motifs is 1. The van der Waals surface area contributed by atoms with Crippen LogP contribution in [-0.4, -0.2) is 39.4 Å².